The number of nitrogens with one attached hydrogen (secondary N) is 1. The number of thiophene rings is 1. The summed E-state index contributed by atoms with van der Waals surface area (Å²) in [4.78, 5) is 11.6. The highest BCUT2D eigenvalue weighted by atomic mass is 35.5. The maximum Gasteiger partial charge on any atom is 0.252 e. The minimum Gasteiger partial charge on any atom is -0.365 e. The Morgan fingerprint density at radius 3 is 2.67 bits per heavy atom. The summed E-state index contributed by atoms with van der Waals surface area (Å²) in [5, 5.41) is 12.8. The number of pyridine rings is 1. The molecule has 0 aliphatic rings. The second-order valence-corrected chi connectivity index (χ2v) is 6.67. The summed E-state index contributed by atoms with van der Waals surface area (Å²) in [5.74, 6) is -0.653. The first-order valence-electron chi connectivity index (χ1n) is 7.38. The van der Waals surface area contributed by atoms with E-state index in [0.29, 0.717) is 11.4 Å². The Morgan fingerprint density at radius 1 is 1.29 bits per heavy atom. The van der Waals surface area contributed by atoms with E-state index >= 15 is 0 Å². The summed E-state index contributed by atoms with van der Waals surface area (Å²) < 4.78 is 1.72. The van der Waals surface area contributed by atoms with Gasteiger partial charge in [0.2, 0.25) is 0 Å². The monoisotopic (exact) mass is 357 g/mol. The van der Waals surface area contributed by atoms with Crippen LogP contribution in [0.3, 0.4) is 0 Å². The van der Waals surface area contributed by atoms with Gasteiger partial charge in [0, 0.05) is 6.20 Å². The van der Waals surface area contributed by atoms with Gasteiger partial charge in [0.05, 0.1) is 16.6 Å². The molecule has 2 heterocycles. The molecule has 1 atom stereocenters. The Kier molecular flexibility index (Phi) is 4.83. The van der Waals surface area contributed by atoms with Gasteiger partial charge >= 0.3 is 0 Å². The molecule has 0 radical (unpaired) electrons. The van der Waals surface area contributed by atoms with Crippen LogP contribution in [0.25, 0.3) is 0 Å². The molecule has 1 amide bonds. The fourth-order valence-corrected chi connectivity index (χ4v) is 3.61. The summed E-state index contributed by atoms with van der Waals surface area (Å²) in [5.41, 5.74) is 7.79. The lowest BCUT2D eigenvalue weighted by Gasteiger charge is -2.21. The molecule has 0 spiro atoms. The van der Waals surface area contributed by atoms with Crippen LogP contribution in [0.2, 0.25) is 5.02 Å². The Morgan fingerprint density at radius 2 is 2.04 bits per heavy atom. The molecule has 0 saturated carbocycles. The fraction of sp³-hybridized carbons (Fsp3) is 0.111. The smallest absolute Gasteiger partial charge is 0.252 e. The lowest BCUT2D eigenvalue weighted by molar-refractivity contribution is 0.0997. The molecule has 3 aromatic rings. The number of nitrogens with zero attached hydrogens (tertiary/aromatic N) is 1. The maximum absolute atomic E-state index is 11.6. The zero-order valence-corrected chi connectivity index (χ0v) is 14.3. The van der Waals surface area contributed by atoms with Crippen LogP contribution in [0.15, 0.2) is 59.4 Å². The van der Waals surface area contributed by atoms with Crippen molar-refractivity contribution in [3.8, 4) is 0 Å². The van der Waals surface area contributed by atoms with Crippen LogP contribution in [0.5, 0.6) is 0 Å². The summed E-state index contributed by atoms with van der Waals surface area (Å²) in [7, 11) is 0. The van der Waals surface area contributed by atoms with Crippen molar-refractivity contribution in [2.24, 2.45) is 5.73 Å². The van der Waals surface area contributed by atoms with E-state index in [1.807, 2.05) is 47.2 Å². The highest BCUT2D eigenvalue weighted by molar-refractivity contribution is 7.08. The second kappa shape index (κ2) is 7.03. The SMILES string of the molecule is N=c1c(C(N)=O)cc(Cl)cn1C(Cc1ccccc1)c1ccsc1. The third kappa shape index (κ3) is 3.42. The highest BCUT2D eigenvalue weighted by Gasteiger charge is 2.18. The predicted molar refractivity (Wildman–Crippen MR) is 96.4 cm³/mol. The van der Waals surface area contributed by atoms with Crippen LogP contribution in [0.1, 0.15) is 27.5 Å². The van der Waals surface area contributed by atoms with Crippen LogP contribution < -0.4 is 11.2 Å². The van der Waals surface area contributed by atoms with Gasteiger partial charge in [0.1, 0.15) is 5.49 Å². The van der Waals surface area contributed by atoms with E-state index in [1.165, 1.54) is 6.07 Å². The third-order valence-corrected chi connectivity index (χ3v) is 4.77. The van der Waals surface area contributed by atoms with E-state index in [0.717, 1.165) is 11.1 Å². The molecule has 0 aliphatic carbocycles. The zero-order chi connectivity index (χ0) is 17.1. The van der Waals surface area contributed by atoms with E-state index in [-0.39, 0.29) is 17.1 Å². The summed E-state index contributed by atoms with van der Waals surface area (Å²) >= 11 is 7.76. The molecule has 0 bridgehead atoms. The fourth-order valence-electron chi connectivity index (χ4n) is 2.69. The number of hydrogen-bond acceptors (Lipinski definition) is 3. The van der Waals surface area contributed by atoms with Crippen molar-refractivity contribution >= 4 is 28.8 Å². The van der Waals surface area contributed by atoms with Gasteiger partial charge in [-0.2, -0.15) is 11.3 Å². The molecule has 6 heteroatoms. The minimum absolute atomic E-state index is 0.0685. The number of hydrogen-bond donors (Lipinski definition) is 2. The van der Waals surface area contributed by atoms with Crippen LogP contribution in [-0.4, -0.2) is 10.5 Å². The average Bonchev–Trinajstić information content (AvgIpc) is 3.09. The van der Waals surface area contributed by atoms with E-state index in [1.54, 1.807) is 22.1 Å². The lowest BCUT2D eigenvalue weighted by Crippen LogP contribution is -2.33. The van der Waals surface area contributed by atoms with Gasteiger partial charge in [-0.05, 0) is 40.4 Å². The molecule has 0 saturated heterocycles. The minimum atomic E-state index is -0.653. The van der Waals surface area contributed by atoms with Crippen molar-refractivity contribution in [2.45, 2.75) is 12.5 Å². The lowest BCUT2D eigenvalue weighted by atomic mass is 10.0. The van der Waals surface area contributed by atoms with E-state index in [2.05, 4.69) is 0 Å². The van der Waals surface area contributed by atoms with Crippen molar-refractivity contribution in [1.82, 2.24) is 4.57 Å². The molecule has 3 N–H and O–H groups in total. The third-order valence-electron chi connectivity index (χ3n) is 3.86. The maximum atomic E-state index is 11.6. The quantitative estimate of drug-likeness (QED) is 0.719. The van der Waals surface area contributed by atoms with Gasteiger partial charge in [-0.1, -0.05) is 41.9 Å². The number of nitrogens with two attached hydrogens (primary N) is 1. The Hall–Kier alpha value is -2.37. The first-order chi connectivity index (χ1) is 11.6. The first-order valence-corrected chi connectivity index (χ1v) is 8.70. The van der Waals surface area contributed by atoms with Gasteiger partial charge in [0.15, 0.2) is 0 Å². The zero-order valence-electron chi connectivity index (χ0n) is 12.8. The molecule has 1 unspecified atom stereocenters. The molecule has 4 nitrogen and oxygen atoms in total. The van der Waals surface area contributed by atoms with Crippen LogP contribution in [-0.2, 0) is 6.42 Å². The Balaban J connectivity index is 2.13. The molecule has 1 aromatic carbocycles. The largest absolute Gasteiger partial charge is 0.365 e. The number of halogens is 1. The van der Waals surface area contributed by atoms with E-state index in [4.69, 9.17) is 22.7 Å². The normalized spacial score (nSPS) is 12.0. The molecule has 0 aliphatic heterocycles. The van der Waals surface area contributed by atoms with Crippen molar-refractivity contribution < 1.29 is 4.79 Å². The summed E-state index contributed by atoms with van der Waals surface area (Å²) in [6.45, 7) is 0. The number of primary amides is 1. The number of carbonyl (C=O) groups is 1. The van der Waals surface area contributed by atoms with E-state index in [9.17, 15) is 4.79 Å². The summed E-state index contributed by atoms with van der Waals surface area (Å²) in [6.07, 6.45) is 2.37. The standard InChI is InChI=1S/C18H16ClN3OS/c19-14-9-15(18(21)23)17(20)22(10-14)16(13-6-7-24-11-13)8-12-4-2-1-3-5-12/h1-7,9-11,16,20H,8H2,(H2,21,23). The first kappa shape index (κ1) is 16.5. The van der Waals surface area contributed by atoms with Gasteiger partial charge < -0.3 is 10.3 Å². The number of aromatic nitrogens is 1. The Bertz CT molecular complexity index is 904. The van der Waals surface area contributed by atoms with Crippen molar-refractivity contribution in [3.05, 3.63) is 86.6 Å². The molecular formula is C18H16ClN3OS. The second-order valence-electron chi connectivity index (χ2n) is 5.45. The van der Waals surface area contributed by atoms with E-state index < -0.39 is 5.91 Å². The van der Waals surface area contributed by atoms with Gasteiger partial charge in [-0.3, -0.25) is 10.2 Å². The molecule has 2 aromatic heterocycles. The number of carbonyl (C=O) groups excluding carboxylic acids is 1. The van der Waals surface area contributed by atoms with Crippen molar-refractivity contribution in [3.63, 3.8) is 0 Å². The van der Waals surface area contributed by atoms with Gasteiger partial charge in [-0.15, -0.1) is 0 Å². The molecular weight excluding hydrogens is 342 g/mol. The molecule has 3 rings (SSSR count). The average molecular weight is 358 g/mol. The predicted octanol–water partition coefficient (Wildman–Crippen LogP) is 3.61. The highest BCUT2D eigenvalue weighted by Crippen LogP contribution is 2.25. The Labute approximate surface area is 148 Å². The van der Waals surface area contributed by atoms with Crippen LogP contribution in [0.4, 0.5) is 0 Å². The van der Waals surface area contributed by atoms with Gasteiger partial charge in [-0.25, -0.2) is 0 Å². The number of rotatable bonds is 5. The van der Waals surface area contributed by atoms with Crippen LogP contribution >= 0.6 is 22.9 Å². The molecule has 0 fully saturated rings. The van der Waals surface area contributed by atoms with Gasteiger partial charge in [0.25, 0.3) is 5.91 Å². The van der Waals surface area contributed by atoms with Crippen molar-refractivity contribution in [1.29, 1.82) is 5.41 Å². The molecule has 24 heavy (non-hydrogen) atoms. The van der Waals surface area contributed by atoms with Crippen molar-refractivity contribution in [2.75, 3.05) is 0 Å². The van der Waals surface area contributed by atoms with Crippen LogP contribution in [0, 0.1) is 5.41 Å². The topological polar surface area (TPSA) is 71.9 Å². The molecule has 122 valence electrons. The number of benzene rings is 1. The summed E-state index contributed by atoms with van der Waals surface area (Å²) in [6, 6.07) is 13.4. The number of amides is 1.